The van der Waals surface area contributed by atoms with Gasteiger partial charge in [-0.25, -0.2) is 0 Å². The highest BCUT2D eigenvalue weighted by molar-refractivity contribution is 6.15. The summed E-state index contributed by atoms with van der Waals surface area (Å²) in [6.45, 7) is 0. The van der Waals surface area contributed by atoms with E-state index in [1.165, 1.54) is 66.1 Å². The number of rotatable bonds is 7. The first-order chi connectivity index (χ1) is 33.7. The summed E-state index contributed by atoms with van der Waals surface area (Å²) in [6.07, 6.45) is 0. The molecule has 1 heterocycles. The number of hydrogen-bond donors (Lipinski definition) is 0. The lowest BCUT2D eigenvalue weighted by Gasteiger charge is -2.33. The third kappa shape index (κ3) is 5.60. The van der Waals surface area contributed by atoms with Crippen LogP contribution in [0.1, 0.15) is 22.3 Å². The second-order valence-corrected chi connectivity index (χ2v) is 18.0. The van der Waals surface area contributed by atoms with Gasteiger partial charge in [0.25, 0.3) is 0 Å². The van der Waals surface area contributed by atoms with Gasteiger partial charge in [0.15, 0.2) is 0 Å². The van der Waals surface area contributed by atoms with Gasteiger partial charge in [-0.2, -0.15) is 0 Å². The average Bonchev–Trinajstić information content (AvgIpc) is 4.03. The van der Waals surface area contributed by atoms with Crippen LogP contribution in [0.5, 0.6) is 0 Å². The van der Waals surface area contributed by atoms with E-state index in [1.54, 1.807) is 0 Å². The number of anilines is 6. The lowest BCUT2D eigenvalue weighted by molar-refractivity contribution is 0.628. The van der Waals surface area contributed by atoms with Crippen LogP contribution in [0.25, 0.3) is 66.1 Å². The van der Waals surface area contributed by atoms with E-state index in [9.17, 15) is 0 Å². The van der Waals surface area contributed by atoms with E-state index in [-0.39, 0.29) is 0 Å². The minimum absolute atomic E-state index is 0.706. The maximum absolute atomic E-state index is 7.07. The Bertz CT molecular complexity index is 3910. The van der Waals surface area contributed by atoms with Crippen molar-refractivity contribution in [3.63, 3.8) is 0 Å². The normalized spacial score (nSPS) is 14.2. The number of nitrogens with zero attached hydrogens (tertiary/aromatic N) is 2. The van der Waals surface area contributed by atoms with E-state index in [2.05, 4.69) is 265 Å². The fourth-order valence-corrected chi connectivity index (χ4v) is 11.6. The first-order valence-corrected chi connectivity index (χ1v) is 23.4. The summed E-state index contributed by atoms with van der Waals surface area (Å²) < 4.78 is 7.07. The van der Waals surface area contributed by atoms with Crippen molar-refractivity contribution >= 4 is 66.6 Å². The minimum Gasteiger partial charge on any atom is -0.456 e. The lowest BCUT2D eigenvalue weighted by atomic mass is 9.70. The van der Waals surface area contributed by atoms with Gasteiger partial charge in [-0.15, -0.1) is 0 Å². The molecule has 2 aliphatic rings. The highest BCUT2D eigenvalue weighted by Crippen LogP contribution is 2.66. The molecule has 0 fully saturated rings. The molecule has 2 aliphatic carbocycles. The number of para-hydroxylation sites is 3. The summed E-state index contributed by atoms with van der Waals surface area (Å²) in [6, 6.07) is 92.9. The third-order valence-corrected chi connectivity index (χ3v) is 14.4. The summed E-state index contributed by atoms with van der Waals surface area (Å²) in [5.41, 5.74) is 17.6. The van der Waals surface area contributed by atoms with Crippen LogP contribution in [0.3, 0.4) is 0 Å². The predicted octanol–water partition coefficient (Wildman–Crippen LogP) is 17.7. The molecule has 0 saturated heterocycles. The molecule has 0 N–H and O–H groups in total. The van der Waals surface area contributed by atoms with E-state index in [1.807, 2.05) is 0 Å². The predicted molar refractivity (Wildman–Crippen MR) is 282 cm³/mol. The summed E-state index contributed by atoms with van der Waals surface area (Å²) in [5, 5.41) is 6.01. The molecule has 3 heteroatoms. The second kappa shape index (κ2) is 15.1. The van der Waals surface area contributed by atoms with Gasteiger partial charge in [-0.05, 0) is 134 Å². The summed E-state index contributed by atoms with van der Waals surface area (Å²) in [4.78, 5) is 4.85. The Labute approximate surface area is 395 Å². The van der Waals surface area contributed by atoms with Crippen LogP contribution < -0.4 is 9.80 Å². The van der Waals surface area contributed by atoms with Crippen molar-refractivity contribution in [1.82, 2.24) is 0 Å². The Balaban J connectivity index is 1.04. The zero-order chi connectivity index (χ0) is 44.8. The standard InChI is InChI=1S/C65H42N2O/c1-4-18-43(19-5-1)44-32-34-48(35-33-44)66(46-21-6-2-7-22-46)49-36-38-54-53-27-14-16-30-58(53)65(59(54)41-49)60-42-50(37-39-56(60)64-63(65)57-29-15-17-31-62(57)68-64)67(47-23-8-3-9-24-47)61-40-45-20-10-11-25-51(45)52-26-12-13-28-55(52)61/h1-42H. The Morgan fingerprint density at radius 2 is 0.809 bits per heavy atom. The fraction of sp³-hybridized carbons (Fsp3) is 0.0154. The molecular formula is C65H42N2O. The van der Waals surface area contributed by atoms with Crippen molar-refractivity contribution < 1.29 is 4.42 Å². The topological polar surface area (TPSA) is 19.6 Å². The molecule has 0 bridgehead atoms. The van der Waals surface area contributed by atoms with Crippen LogP contribution in [0, 0.1) is 0 Å². The molecule has 3 nitrogen and oxygen atoms in total. The van der Waals surface area contributed by atoms with Crippen LogP contribution >= 0.6 is 0 Å². The van der Waals surface area contributed by atoms with Gasteiger partial charge in [-0.3, -0.25) is 0 Å². The van der Waals surface area contributed by atoms with Gasteiger partial charge in [0.05, 0.1) is 11.1 Å². The van der Waals surface area contributed by atoms with E-state index < -0.39 is 5.41 Å². The van der Waals surface area contributed by atoms with Gasteiger partial charge < -0.3 is 14.2 Å². The molecule has 1 atom stereocenters. The minimum atomic E-state index is -0.706. The Morgan fingerprint density at radius 3 is 1.56 bits per heavy atom. The summed E-state index contributed by atoms with van der Waals surface area (Å²) >= 11 is 0. The SMILES string of the molecule is c1ccc(-c2ccc(N(c3ccccc3)c3ccc4c(c3)C3(c5ccccc5-4)c4cc(N(c5ccccc5)c5cc6ccccc6c6ccccc56)ccc4-c4oc5ccccc5c43)cc2)cc1. The van der Waals surface area contributed by atoms with E-state index in [0.717, 1.165) is 56.4 Å². The highest BCUT2D eigenvalue weighted by atomic mass is 16.3. The number of benzene rings is 11. The molecule has 0 saturated carbocycles. The molecule has 1 unspecified atom stereocenters. The van der Waals surface area contributed by atoms with E-state index in [4.69, 9.17) is 4.42 Å². The monoisotopic (exact) mass is 866 g/mol. The van der Waals surface area contributed by atoms with Gasteiger partial charge >= 0.3 is 0 Å². The van der Waals surface area contributed by atoms with Crippen LogP contribution in [-0.2, 0) is 5.41 Å². The highest BCUT2D eigenvalue weighted by Gasteiger charge is 2.55. The van der Waals surface area contributed by atoms with Crippen LogP contribution in [-0.4, -0.2) is 0 Å². The van der Waals surface area contributed by atoms with Gasteiger partial charge in [0.2, 0.25) is 0 Å². The average molecular weight is 867 g/mol. The maximum atomic E-state index is 7.07. The molecule has 0 radical (unpaired) electrons. The Kier molecular flexibility index (Phi) is 8.50. The van der Waals surface area contributed by atoms with Crippen molar-refractivity contribution in [3.05, 3.63) is 277 Å². The Hall–Kier alpha value is -8.92. The molecule has 0 amide bonds. The molecule has 12 aromatic rings. The van der Waals surface area contributed by atoms with Crippen molar-refractivity contribution in [2.24, 2.45) is 0 Å². The Morgan fingerprint density at radius 1 is 0.309 bits per heavy atom. The van der Waals surface area contributed by atoms with Gasteiger partial charge in [0.1, 0.15) is 11.3 Å². The number of fused-ring (bicyclic) bond motifs is 15. The molecule has 1 spiro atoms. The summed E-state index contributed by atoms with van der Waals surface area (Å²) in [5.74, 6) is 0.930. The lowest BCUT2D eigenvalue weighted by Crippen LogP contribution is -2.26. The quantitative estimate of drug-likeness (QED) is 0.149. The van der Waals surface area contributed by atoms with Crippen LogP contribution in [0.15, 0.2) is 259 Å². The van der Waals surface area contributed by atoms with Crippen molar-refractivity contribution in [3.8, 4) is 33.6 Å². The van der Waals surface area contributed by atoms with E-state index >= 15 is 0 Å². The first-order valence-electron chi connectivity index (χ1n) is 23.4. The number of furan rings is 1. The maximum Gasteiger partial charge on any atom is 0.140 e. The molecular weight excluding hydrogens is 825 g/mol. The zero-order valence-corrected chi connectivity index (χ0v) is 37.1. The summed E-state index contributed by atoms with van der Waals surface area (Å²) in [7, 11) is 0. The van der Waals surface area contributed by atoms with E-state index in [0.29, 0.717) is 0 Å². The molecule has 68 heavy (non-hydrogen) atoms. The zero-order valence-electron chi connectivity index (χ0n) is 37.1. The molecule has 318 valence electrons. The van der Waals surface area contributed by atoms with Crippen molar-refractivity contribution in [2.45, 2.75) is 5.41 Å². The first kappa shape index (κ1) is 38.4. The van der Waals surface area contributed by atoms with Crippen molar-refractivity contribution in [1.29, 1.82) is 0 Å². The molecule has 0 aliphatic heterocycles. The van der Waals surface area contributed by atoms with Gasteiger partial charge in [0, 0.05) is 50.3 Å². The van der Waals surface area contributed by atoms with Gasteiger partial charge in [-0.1, -0.05) is 176 Å². The smallest absolute Gasteiger partial charge is 0.140 e. The van der Waals surface area contributed by atoms with Crippen molar-refractivity contribution in [2.75, 3.05) is 9.80 Å². The molecule has 14 rings (SSSR count). The molecule has 1 aromatic heterocycles. The van der Waals surface area contributed by atoms with Crippen LogP contribution in [0.4, 0.5) is 34.1 Å². The number of hydrogen-bond acceptors (Lipinski definition) is 3. The fourth-order valence-electron chi connectivity index (χ4n) is 11.6. The van der Waals surface area contributed by atoms with Crippen LogP contribution in [0.2, 0.25) is 0 Å². The second-order valence-electron chi connectivity index (χ2n) is 18.0. The molecule has 11 aromatic carbocycles. The largest absolute Gasteiger partial charge is 0.456 e. The third-order valence-electron chi connectivity index (χ3n) is 14.4.